The van der Waals surface area contributed by atoms with Gasteiger partial charge in [-0.15, -0.1) is 0 Å². The number of morpholine rings is 1. The number of carbonyl (C=O) groups is 2. The van der Waals surface area contributed by atoms with E-state index in [0.29, 0.717) is 44.0 Å². The number of Topliss-reactive ketones (excluding diaryl/α,β-unsaturated/α-hetero) is 2. The van der Waals surface area contributed by atoms with Gasteiger partial charge in [-0.3, -0.25) is 14.5 Å². The topological polar surface area (TPSA) is 94.2 Å². The van der Waals surface area contributed by atoms with Crippen molar-refractivity contribution in [1.29, 1.82) is 10.5 Å². The molecule has 1 fully saturated rings. The van der Waals surface area contributed by atoms with Crippen molar-refractivity contribution in [3.05, 3.63) is 108 Å². The number of benzene rings is 3. The van der Waals surface area contributed by atoms with E-state index in [1.807, 2.05) is 54.6 Å². The highest BCUT2D eigenvalue weighted by molar-refractivity contribution is 6.01. The molecule has 1 aliphatic rings. The Bertz CT molecular complexity index is 1260. The average Bonchev–Trinajstić information content (AvgIpc) is 2.99. The SMILES string of the molecule is N#CC(C#N)C[C@@H](C(=O)c1ccccc1)[C@H](c1ccccc1)[C@H](CN1CCOCC1)C(=O)c1ccccc1. The van der Waals surface area contributed by atoms with Gasteiger partial charge < -0.3 is 4.74 Å². The van der Waals surface area contributed by atoms with Crippen LogP contribution in [0, 0.1) is 40.4 Å². The van der Waals surface area contributed by atoms with E-state index in [1.54, 1.807) is 36.4 Å². The lowest BCUT2D eigenvalue weighted by atomic mass is 9.68. The third-order valence-electron chi connectivity index (χ3n) is 7.20. The van der Waals surface area contributed by atoms with E-state index in [1.165, 1.54) is 0 Å². The largest absolute Gasteiger partial charge is 0.379 e. The van der Waals surface area contributed by atoms with Crippen LogP contribution < -0.4 is 0 Å². The number of hydrogen-bond donors (Lipinski definition) is 0. The Hall–Kier alpha value is -4.10. The van der Waals surface area contributed by atoms with Crippen LogP contribution in [0.3, 0.4) is 0 Å². The molecule has 4 rings (SSSR count). The molecule has 3 aromatic rings. The van der Waals surface area contributed by atoms with Crippen molar-refractivity contribution in [2.75, 3.05) is 32.8 Å². The molecule has 3 atom stereocenters. The monoisotopic (exact) mass is 505 g/mol. The van der Waals surface area contributed by atoms with E-state index in [-0.39, 0.29) is 18.0 Å². The summed E-state index contributed by atoms with van der Waals surface area (Å²) >= 11 is 0. The Morgan fingerprint density at radius 3 is 1.71 bits per heavy atom. The molecule has 0 N–H and O–H groups in total. The Morgan fingerprint density at radius 2 is 1.21 bits per heavy atom. The molecule has 0 aromatic heterocycles. The summed E-state index contributed by atoms with van der Waals surface area (Å²) in [5.41, 5.74) is 1.93. The Balaban J connectivity index is 1.86. The van der Waals surface area contributed by atoms with E-state index >= 15 is 0 Å². The van der Waals surface area contributed by atoms with Crippen molar-refractivity contribution in [3.8, 4) is 12.1 Å². The van der Waals surface area contributed by atoms with Crippen molar-refractivity contribution < 1.29 is 14.3 Å². The van der Waals surface area contributed by atoms with E-state index in [9.17, 15) is 20.1 Å². The van der Waals surface area contributed by atoms with Crippen molar-refractivity contribution in [2.24, 2.45) is 17.8 Å². The number of nitriles is 2. The quantitative estimate of drug-likeness (QED) is 0.334. The lowest BCUT2D eigenvalue weighted by Crippen LogP contribution is -2.44. The van der Waals surface area contributed by atoms with Gasteiger partial charge >= 0.3 is 0 Å². The molecule has 0 unspecified atom stereocenters. The number of rotatable bonds is 11. The minimum atomic E-state index is -0.977. The molecule has 3 aromatic carbocycles. The van der Waals surface area contributed by atoms with Crippen LogP contribution in [-0.4, -0.2) is 49.3 Å². The molecule has 1 saturated heterocycles. The van der Waals surface area contributed by atoms with Gasteiger partial charge in [-0.05, 0) is 12.0 Å². The van der Waals surface area contributed by atoms with Crippen LogP contribution in [0.2, 0.25) is 0 Å². The smallest absolute Gasteiger partial charge is 0.167 e. The molecular weight excluding hydrogens is 474 g/mol. The molecular formula is C32H31N3O3. The average molecular weight is 506 g/mol. The summed E-state index contributed by atoms with van der Waals surface area (Å²) in [5.74, 6) is -3.06. The molecule has 0 amide bonds. The maximum Gasteiger partial charge on any atom is 0.167 e. The summed E-state index contributed by atoms with van der Waals surface area (Å²) in [6.07, 6.45) is 0.0436. The standard InChI is InChI=1S/C32H31N3O3/c33-21-24(22-34)20-28(31(36)26-12-6-2-7-13-26)30(25-10-4-1-5-11-25)29(23-35-16-18-38-19-17-35)32(37)27-14-8-3-9-15-27/h1-15,24,28-30H,16-20,23H2/t28-,29+,30+/m1/s1. The first-order chi connectivity index (χ1) is 18.6. The van der Waals surface area contributed by atoms with Gasteiger partial charge in [0.15, 0.2) is 11.6 Å². The molecule has 192 valence electrons. The predicted octanol–water partition coefficient (Wildman–Crippen LogP) is 5.15. The second-order valence-corrected chi connectivity index (χ2v) is 9.57. The lowest BCUT2D eigenvalue weighted by Gasteiger charge is -2.37. The van der Waals surface area contributed by atoms with E-state index < -0.39 is 23.7 Å². The maximum absolute atomic E-state index is 14.2. The molecule has 6 nitrogen and oxygen atoms in total. The third-order valence-corrected chi connectivity index (χ3v) is 7.20. The van der Waals surface area contributed by atoms with Gasteiger partial charge in [-0.25, -0.2) is 0 Å². The fourth-order valence-corrected chi connectivity index (χ4v) is 5.28. The van der Waals surface area contributed by atoms with E-state index in [0.717, 1.165) is 5.56 Å². The molecule has 0 radical (unpaired) electrons. The predicted molar refractivity (Wildman–Crippen MR) is 144 cm³/mol. The van der Waals surface area contributed by atoms with Gasteiger partial charge in [-0.1, -0.05) is 91.0 Å². The fraction of sp³-hybridized carbons (Fsp3) is 0.312. The zero-order valence-electron chi connectivity index (χ0n) is 21.3. The first-order valence-corrected chi connectivity index (χ1v) is 12.9. The van der Waals surface area contributed by atoms with Gasteiger partial charge in [-0.2, -0.15) is 10.5 Å². The van der Waals surface area contributed by atoms with Crippen molar-refractivity contribution in [1.82, 2.24) is 4.90 Å². The highest BCUT2D eigenvalue weighted by atomic mass is 16.5. The summed E-state index contributed by atoms with van der Waals surface area (Å²) in [6.45, 7) is 2.99. The van der Waals surface area contributed by atoms with Crippen LogP contribution in [-0.2, 0) is 4.74 Å². The Kier molecular flexibility index (Phi) is 9.54. The summed E-state index contributed by atoms with van der Waals surface area (Å²) in [6, 6.07) is 31.8. The molecule has 1 heterocycles. The Morgan fingerprint density at radius 1 is 0.737 bits per heavy atom. The van der Waals surface area contributed by atoms with Crippen LogP contribution in [0.15, 0.2) is 91.0 Å². The zero-order valence-corrected chi connectivity index (χ0v) is 21.3. The van der Waals surface area contributed by atoms with Crippen molar-refractivity contribution in [3.63, 3.8) is 0 Å². The summed E-state index contributed by atoms with van der Waals surface area (Å²) < 4.78 is 5.54. The maximum atomic E-state index is 14.2. The van der Waals surface area contributed by atoms with Gasteiger partial charge in [0, 0.05) is 48.5 Å². The van der Waals surface area contributed by atoms with Gasteiger partial charge in [0.25, 0.3) is 0 Å². The highest BCUT2D eigenvalue weighted by Gasteiger charge is 2.41. The minimum absolute atomic E-state index is 0.0436. The van der Waals surface area contributed by atoms with E-state index in [2.05, 4.69) is 17.0 Å². The first kappa shape index (κ1) is 26.9. The summed E-state index contributed by atoms with van der Waals surface area (Å²) in [4.78, 5) is 30.6. The summed E-state index contributed by atoms with van der Waals surface area (Å²) in [7, 11) is 0. The van der Waals surface area contributed by atoms with Crippen LogP contribution in [0.25, 0.3) is 0 Å². The van der Waals surface area contributed by atoms with Gasteiger partial charge in [0.05, 0.1) is 25.4 Å². The first-order valence-electron chi connectivity index (χ1n) is 12.9. The Labute approximate surface area is 224 Å². The molecule has 38 heavy (non-hydrogen) atoms. The number of nitrogens with zero attached hydrogens (tertiary/aromatic N) is 3. The van der Waals surface area contributed by atoms with E-state index in [4.69, 9.17) is 4.74 Å². The highest BCUT2D eigenvalue weighted by Crippen LogP contribution is 2.40. The zero-order chi connectivity index (χ0) is 26.7. The molecule has 0 saturated carbocycles. The molecule has 1 aliphatic heterocycles. The number of hydrogen-bond acceptors (Lipinski definition) is 6. The third kappa shape index (κ3) is 6.61. The van der Waals surface area contributed by atoms with Crippen molar-refractivity contribution in [2.45, 2.75) is 12.3 Å². The van der Waals surface area contributed by atoms with Gasteiger partial charge in [0.2, 0.25) is 0 Å². The molecule has 0 bridgehead atoms. The fourth-order valence-electron chi connectivity index (χ4n) is 5.28. The van der Waals surface area contributed by atoms with Crippen LogP contribution in [0.5, 0.6) is 0 Å². The summed E-state index contributed by atoms with van der Waals surface area (Å²) in [5, 5.41) is 19.4. The molecule has 0 spiro atoms. The number of ether oxygens (including phenoxy) is 1. The van der Waals surface area contributed by atoms with Crippen molar-refractivity contribution >= 4 is 11.6 Å². The van der Waals surface area contributed by atoms with Crippen LogP contribution >= 0.6 is 0 Å². The molecule has 6 heteroatoms. The molecule has 0 aliphatic carbocycles. The number of carbonyl (C=O) groups excluding carboxylic acids is 2. The minimum Gasteiger partial charge on any atom is -0.379 e. The normalized spacial score (nSPS) is 16.1. The second-order valence-electron chi connectivity index (χ2n) is 9.57. The lowest BCUT2D eigenvalue weighted by molar-refractivity contribution is 0.0259. The number of ketones is 2. The van der Waals surface area contributed by atoms with Crippen LogP contribution in [0.4, 0.5) is 0 Å². The van der Waals surface area contributed by atoms with Gasteiger partial charge in [0.1, 0.15) is 5.92 Å². The van der Waals surface area contributed by atoms with Crippen LogP contribution in [0.1, 0.15) is 38.6 Å². The second kappa shape index (κ2) is 13.4.